The zero-order valence-corrected chi connectivity index (χ0v) is 53.0. The van der Waals surface area contributed by atoms with Crippen LogP contribution in [0.4, 0.5) is 34.3 Å². The Hall–Kier alpha value is -10.7. The Labute approximate surface area is 542 Å². The minimum atomic E-state index is -0.810. The van der Waals surface area contributed by atoms with E-state index in [1.165, 1.54) is 16.7 Å². The standard InChI is InChI=1S/C84H61N5O.Pt/c1-57-52-81(85-55-70(57)62-44-42-59(43-45-62)58-24-8-5-9-25-58)89-77-39-19-16-36-73(77)84(71-34-14-17-37-75(71)88(76-38-18-15-35-72(76)84)64-48-46-63(47-49-64)83(2,3)4)74-51-50-67(54-80(74)89)90-66-31-22-30-65(53-66)86-56-87(79-41-21-20-40-78(79)86)82-68(60-26-10-6-11-27-60)32-23-33-69(82)61-28-12-7-13-29-61;/h5-52,55H,1-4H3;/q-2;. The Morgan fingerprint density at radius 1 is 0.418 bits per heavy atom. The van der Waals surface area contributed by atoms with E-state index in [-0.39, 0.29) is 5.41 Å². The summed E-state index contributed by atoms with van der Waals surface area (Å²) in [5.74, 6) is 1.87. The van der Waals surface area contributed by atoms with Crippen LogP contribution in [0.25, 0.3) is 66.9 Å². The van der Waals surface area contributed by atoms with E-state index >= 15 is 0 Å². The predicted molar refractivity (Wildman–Crippen MR) is 368 cm³/mol. The zero-order chi connectivity index (χ0) is 61.4. The van der Waals surface area contributed by atoms with Gasteiger partial charge in [-0.15, -0.1) is 0 Å². The molecule has 16 rings (SSSR count). The summed E-state index contributed by atoms with van der Waals surface area (Å²) in [6.45, 7) is 9.00. The van der Waals surface area contributed by atoms with E-state index in [0.29, 0.717) is 11.5 Å². The summed E-state index contributed by atoms with van der Waals surface area (Å²) in [4.78, 5) is 10.2. The molecular weight excluding hydrogens is 1290 g/mol. The van der Waals surface area contributed by atoms with Crippen LogP contribution in [-0.4, -0.2) is 14.1 Å². The van der Waals surface area contributed by atoms with Gasteiger partial charge in [-0.05, 0) is 64.4 Å². The second kappa shape index (κ2) is 22.4. The second-order valence-electron chi connectivity index (χ2n) is 24.5. The summed E-state index contributed by atoms with van der Waals surface area (Å²) >= 11 is 2.50. The molecule has 2 aliphatic heterocycles. The molecule has 0 aliphatic carbocycles. The number of rotatable bonds is 10. The maximum absolute atomic E-state index is 7.15. The number of para-hydroxylation sites is 6. The van der Waals surface area contributed by atoms with E-state index in [0.717, 1.165) is 122 Å². The molecule has 1 spiro atoms. The van der Waals surface area contributed by atoms with Crippen LogP contribution >= 0.6 is 0 Å². The number of nitrogens with zero attached hydrogens (tertiary/aromatic N) is 5. The van der Waals surface area contributed by atoms with Gasteiger partial charge < -0.3 is 4.90 Å². The molecule has 0 saturated carbocycles. The summed E-state index contributed by atoms with van der Waals surface area (Å²) in [6, 6.07) is 112. The first-order valence-electron chi connectivity index (χ1n) is 30.9. The van der Waals surface area contributed by atoms with Crippen molar-refractivity contribution in [2.75, 3.05) is 9.80 Å². The topological polar surface area (TPSA) is 38.5 Å². The molecule has 0 fully saturated rings. The molecule has 2 aliphatic rings. The van der Waals surface area contributed by atoms with E-state index in [1.807, 2.05) is 12.3 Å². The average molecular weight is 1350 g/mol. The van der Waals surface area contributed by atoms with Crippen LogP contribution < -0.4 is 14.5 Å². The van der Waals surface area contributed by atoms with Gasteiger partial charge in [0.05, 0.1) is 0 Å². The van der Waals surface area contributed by atoms with Crippen molar-refractivity contribution in [2.45, 2.75) is 38.5 Å². The van der Waals surface area contributed by atoms with E-state index in [9.17, 15) is 0 Å². The van der Waals surface area contributed by atoms with Crippen molar-refractivity contribution in [3.8, 4) is 67.4 Å². The molecule has 14 aromatic rings. The van der Waals surface area contributed by atoms with E-state index in [2.05, 4.69) is 363 Å². The molecular formula is C84H61N5OPt-2. The van der Waals surface area contributed by atoms with Crippen molar-refractivity contribution >= 4 is 45.3 Å². The summed E-state index contributed by atoms with van der Waals surface area (Å²) in [6.07, 6.45) is 2.03. The Morgan fingerprint density at radius 2 is 0.901 bits per heavy atom. The predicted octanol–water partition coefficient (Wildman–Crippen LogP) is 21.5. The van der Waals surface area contributed by atoms with Gasteiger partial charge in [-0.25, -0.2) is 0 Å². The fourth-order valence-electron chi connectivity index (χ4n) is 13.9. The third-order valence-electron chi connectivity index (χ3n) is 18.1. The van der Waals surface area contributed by atoms with Gasteiger partial charge in [-0.2, -0.15) is 0 Å². The van der Waals surface area contributed by atoms with Gasteiger partial charge in [0.1, 0.15) is 0 Å². The number of hydrogen-bond donors (Lipinski definition) is 0. The van der Waals surface area contributed by atoms with Gasteiger partial charge in [0, 0.05) is 28.8 Å². The molecule has 0 atom stereocenters. The number of fused-ring (bicyclic) bond motifs is 9. The Bertz CT molecular complexity index is 5060. The summed E-state index contributed by atoms with van der Waals surface area (Å²) < 4.78 is 12.8. The number of ether oxygens (including phenoxy) is 1. The van der Waals surface area contributed by atoms with Gasteiger partial charge in [0.15, 0.2) is 0 Å². The second-order valence-corrected chi connectivity index (χ2v) is 25.5. The van der Waals surface area contributed by atoms with Crippen molar-refractivity contribution in [1.29, 1.82) is 0 Å². The first-order valence-corrected chi connectivity index (χ1v) is 32.1. The number of hydrogen-bond acceptors (Lipinski definition) is 4. The van der Waals surface area contributed by atoms with Crippen LogP contribution in [0, 0.1) is 22.9 Å². The molecule has 91 heavy (non-hydrogen) atoms. The molecule has 7 heteroatoms. The molecule has 6 nitrogen and oxygen atoms in total. The van der Waals surface area contributed by atoms with E-state index in [4.69, 9.17) is 9.72 Å². The number of anilines is 6. The maximum atomic E-state index is 7.15. The van der Waals surface area contributed by atoms with Crippen LogP contribution in [0.3, 0.4) is 0 Å². The molecule has 2 aromatic heterocycles. The molecule has 0 radical (unpaired) electrons. The Balaban J connectivity index is 0.859. The quantitative estimate of drug-likeness (QED) is 0.128. The molecule has 0 bridgehead atoms. The van der Waals surface area contributed by atoms with Gasteiger partial charge in [0.25, 0.3) is 0 Å². The first kappa shape index (κ1) is 55.6. The summed E-state index contributed by atoms with van der Waals surface area (Å²) in [7, 11) is 0. The molecule has 4 heterocycles. The van der Waals surface area contributed by atoms with Crippen LogP contribution in [-0.2, 0) is 30.2 Å². The number of aryl methyl sites for hydroxylation is 1. The van der Waals surface area contributed by atoms with Crippen molar-refractivity contribution in [1.82, 2.24) is 14.1 Å². The molecule has 12 aromatic carbocycles. The summed E-state index contributed by atoms with van der Waals surface area (Å²) in [5.41, 5.74) is 24.4. The molecule has 0 amide bonds. The fraction of sp³-hybridized carbons (Fsp3) is 0.0714. The van der Waals surface area contributed by atoms with Gasteiger partial charge in [-0.1, -0.05) is 142 Å². The van der Waals surface area contributed by atoms with Gasteiger partial charge >= 0.3 is 306 Å². The molecule has 0 saturated heterocycles. The summed E-state index contributed by atoms with van der Waals surface area (Å²) in [5, 5.41) is 0. The van der Waals surface area contributed by atoms with Crippen molar-refractivity contribution < 1.29 is 24.1 Å². The number of benzene rings is 12. The smallest absolute Gasteiger partial charge is 0.310 e. The monoisotopic (exact) mass is 1350 g/mol. The zero-order valence-electron chi connectivity index (χ0n) is 50.8. The Kier molecular flexibility index (Phi) is 13.7. The number of pyridine rings is 1. The first-order chi connectivity index (χ1) is 44.6. The van der Waals surface area contributed by atoms with Crippen LogP contribution in [0.5, 0.6) is 11.5 Å². The molecule has 0 N–H and O–H groups in total. The van der Waals surface area contributed by atoms with Crippen molar-refractivity contribution in [3.05, 3.63) is 347 Å². The molecule has 0 unspecified atom stereocenters. The van der Waals surface area contributed by atoms with E-state index < -0.39 is 5.41 Å². The fourth-order valence-corrected chi connectivity index (χ4v) is 15.0. The third kappa shape index (κ3) is 9.35. The van der Waals surface area contributed by atoms with Crippen LogP contribution in [0.15, 0.2) is 297 Å². The van der Waals surface area contributed by atoms with Gasteiger partial charge in [0.2, 0.25) is 0 Å². The number of imidazole rings is 1. The van der Waals surface area contributed by atoms with Gasteiger partial charge in [-0.3, -0.25) is 0 Å². The average Bonchev–Trinajstić information content (AvgIpc) is 1.02. The minimum Gasteiger partial charge on any atom is -0.310 e. The van der Waals surface area contributed by atoms with E-state index in [1.54, 1.807) is 0 Å². The number of aromatic nitrogens is 3. The Morgan fingerprint density at radius 3 is 1.48 bits per heavy atom. The third-order valence-corrected chi connectivity index (χ3v) is 19.2. The molecule has 440 valence electrons. The normalized spacial score (nSPS) is 12.9. The minimum absolute atomic E-state index is 0.00685. The van der Waals surface area contributed by atoms with Crippen molar-refractivity contribution in [3.63, 3.8) is 0 Å². The van der Waals surface area contributed by atoms with Crippen molar-refractivity contribution in [2.24, 2.45) is 0 Å². The SMILES string of the molecule is Cc1cc(N2c3[c-]c(Oc4[c-]c(-n5[c](=[Pt])n(-c6c(-c7ccccc7)cccc6-c6ccccc6)c6ccccc65)ccc4)ccc3C3(c4ccccc42)c2ccccc2N(c2ccc(C(C)(C)C)cc2)c2ccccc23)ncc1-c1ccc(-c2ccccc2)cc1. The van der Waals surface area contributed by atoms with Crippen LogP contribution in [0.1, 0.15) is 54.2 Å². The van der Waals surface area contributed by atoms with Crippen LogP contribution in [0.2, 0.25) is 0 Å².